The Morgan fingerprint density at radius 2 is 1.95 bits per heavy atom. The fourth-order valence-electron chi connectivity index (χ4n) is 2.99. The van der Waals surface area contributed by atoms with Gasteiger partial charge in [0.15, 0.2) is 0 Å². The van der Waals surface area contributed by atoms with Gasteiger partial charge in [-0.25, -0.2) is 0 Å². The standard InChI is InChI=1S/C15H16Cl2N2O2/c16-12-8-11(3-4-13(12)18-5-1-2-6-18)19-9-10(15(17)21)7-14(19)20/h3-4,8,10H,1-2,5-7,9H2/t10-/m1/s1. The average molecular weight is 327 g/mol. The van der Waals surface area contributed by atoms with E-state index in [-0.39, 0.29) is 12.3 Å². The van der Waals surface area contributed by atoms with Crippen molar-refractivity contribution in [2.24, 2.45) is 5.92 Å². The summed E-state index contributed by atoms with van der Waals surface area (Å²) in [4.78, 5) is 27.1. The maximum Gasteiger partial charge on any atom is 0.227 e. The van der Waals surface area contributed by atoms with Crippen LogP contribution in [-0.4, -0.2) is 30.8 Å². The van der Waals surface area contributed by atoms with E-state index in [0.29, 0.717) is 11.6 Å². The highest BCUT2D eigenvalue weighted by Gasteiger charge is 2.34. The molecule has 2 saturated heterocycles. The molecule has 2 aliphatic rings. The topological polar surface area (TPSA) is 40.6 Å². The lowest BCUT2D eigenvalue weighted by molar-refractivity contribution is -0.120. The normalized spacial score (nSPS) is 22.2. The van der Waals surface area contributed by atoms with Crippen LogP contribution < -0.4 is 9.80 Å². The summed E-state index contributed by atoms with van der Waals surface area (Å²) in [7, 11) is 0. The number of rotatable bonds is 3. The molecule has 1 atom stereocenters. The van der Waals surface area contributed by atoms with Gasteiger partial charge >= 0.3 is 0 Å². The molecule has 0 saturated carbocycles. The smallest absolute Gasteiger partial charge is 0.227 e. The molecule has 3 rings (SSSR count). The van der Waals surface area contributed by atoms with Crippen molar-refractivity contribution in [3.8, 4) is 0 Å². The average Bonchev–Trinajstić information content (AvgIpc) is 3.07. The number of anilines is 2. The van der Waals surface area contributed by atoms with Crippen LogP contribution in [0.25, 0.3) is 0 Å². The van der Waals surface area contributed by atoms with Crippen molar-refractivity contribution in [2.45, 2.75) is 19.3 Å². The number of benzene rings is 1. The van der Waals surface area contributed by atoms with Gasteiger partial charge < -0.3 is 9.80 Å². The second-order valence-electron chi connectivity index (χ2n) is 5.54. The minimum absolute atomic E-state index is 0.0843. The van der Waals surface area contributed by atoms with E-state index in [1.54, 1.807) is 11.0 Å². The first kappa shape index (κ1) is 14.7. The molecule has 0 N–H and O–H groups in total. The lowest BCUT2D eigenvalue weighted by Gasteiger charge is -2.22. The summed E-state index contributed by atoms with van der Waals surface area (Å²) in [5.41, 5.74) is 1.74. The summed E-state index contributed by atoms with van der Waals surface area (Å²) in [6, 6.07) is 5.64. The molecular weight excluding hydrogens is 311 g/mol. The molecule has 0 bridgehead atoms. The predicted molar refractivity (Wildman–Crippen MR) is 84.2 cm³/mol. The monoisotopic (exact) mass is 326 g/mol. The minimum Gasteiger partial charge on any atom is -0.370 e. The Labute approximate surface area is 133 Å². The van der Waals surface area contributed by atoms with Gasteiger partial charge in [0.2, 0.25) is 11.1 Å². The minimum atomic E-state index is -0.453. The highest BCUT2D eigenvalue weighted by Crippen LogP contribution is 2.34. The first-order valence-electron chi connectivity index (χ1n) is 7.10. The Kier molecular flexibility index (Phi) is 4.09. The second-order valence-corrected chi connectivity index (χ2v) is 6.32. The van der Waals surface area contributed by atoms with E-state index in [0.717, 1.165) is 24.5 Å². The molecule has 1 amide bonds. The summed E-state index contributed by atoms with van der Waals surface area (Å²) in [6.07, 6.45) is 2.54. The third-order valence-electron chi connectivity index (χ3n) is 4.14. The molecule has 2 heterocycles. The van der Waals surface area contributed by atoms with E-state index in [4.69, 9.17) is 23.2 Å². The summed E-state index contributed by atoms with van der Waals surface area (Å²) >= 11 is 11.9. The lowest BCUT2D eigenvalue weighted by Crippen LogP contribution is -2.25. The van der Waals surface area contributed by atoms with Gasteiger partial charge in [0.1, 0.15) is 0 Å². The molecule has 0 radical (unpaired) electrons. The number of carbonyl (C=O) groups excluding carboxylic acids is 2. The van der Waals surface area contributed by atoms with Crippen LogP contribution in [0.4, 0.5) is 11.4 Å². The zero-order valence-electron chi connectivity index (χ0n) is 11.5. The predicted octanol–water partition coefficient (Wildman–Crippen LogP) is 3.06. The number of hydrogen-bond acceptors (Lipinski definition) is 3. The highest BCUT2D eigenvalue weighted by atomic mass is 35.5. The Morgan fingerprint density at radius 3 is 2.52 bits per heavy atom. The summed E-state index contributed by atoms with van der Waals surface area (Å²) in [6.45, 7) is 2.37. The van der Waals surface area contributed by atoms with Gasteiger partial charge in [-0.2, -0.15) is 0 Å². The van der Waals surface area contributed by atoms with Gasteiger partial charge in [-0.3, -0.25) is 9.59 Å². The molecule has 1 aromatic rings. The molecule has 0 aromatic heterocycles. The lowest BCUT2D eigenvalue weighted by atomic mass is 10.1. The van der Waals surface area contributed by atoms with Gasteiger partial charge in [-0.05, 0) is 42.6 Å². The van der Waals surface area contributed by atoms with Crippen LogP contribution in [0.2, 0.25) is 5.02 Å². The van der Waals surface area contributed by atoms with E-state index in [1.807, 2.05) is 12.1 Å². The molecule has 0 unspecified atom stereocenters. The van der Waals surface area contributed by atoms with Crippen molar-refractivity contribution in [3.05, 3.63) is 23.2 Å². The van der Waals surface area contributed by atoms with Gasteiger partial charge in [-0.1, -0.05) is 11.6 Å². The summed E-state index contributed by atoms with van der Waals surface area (Å²) in [5.74, 6) is -0.504. The molecule has 0 aliphatic carbocycles. The maximum atomic E-state index is 12.0. The van der Waals surface area contributed by atoms with Crippen molar-refractivity contribution in [2.75, 3.05) is 29.4 Å². The van der Waals surface area contributed by atoms with E-state index in [9.17, 15) is 9.59 Å². The number of carbonyl (C=O) groups is 2. The van der Waals surface area contributed by atoms with Gasteiger partial charge in [-0.15, -0.1) is 0 Å². The molecule has 2 fully saturated rings. The highest BCUT2D eigenvalue weighted by molar-refractivity contribution is 6.64. The summed E-state index contributed by atoms with van der Waals surface area (Å²) < 4.78 is 0. The van der Waals surface area contributed by atoms with Crippen molar-refractivity contribution < 1.29 is 9.59 Å². The van der Waals surface area contributed by atoms with Crippen LogP contribution in [0.15, 0.2) is 18.2 Å². The zero-order valence-corrected chi connectivity index (χ0v) is 13.0. The van der Waals surface area contributed by atoms with Crippen LogP contribution >= 0.6 is 23.2 Å². The van der Waals surface area contributed by atoms with Crippen molar-refractivity contribution >= 4 is 45.7 Å². The molecule has 2 aliphatic heterocycles. The number of nitrogens with zero attached hydrogens (tertiary/aromatic N) is 2. The van der Waals surface area contributed by atoms with Gasteiger partial charge in [0.25, 0.3) is 0 Å². The third kappa shape index (κ3) is 2.87. The van der Waals surface area contributed by atoms with Gasteiger partial charge in [0.05, 0.1) is 16.6 Å². The molecule has 4 nitrogen and oxygen atoms in total. The molecule has 0 spiro atoms. The zero-order chi connectivity index (χ0) is 15.0. The first-order valence-corrected chi connectivity index (χ1v) is 7.86. The SMILES string of the molecule is O=C(Cl)[C@@H]1CC(=O)N(c2ccc(N3CCCC3)c(Cl)c2)C1. The van der Waals surface area contributed by atoms with Crippen LogP contribution in [0.5, 0.6) is 0 Å². The van der Waals surface area contributed by atoms with Crippen LogP contribution in [0.3, 0.4) is 0 Å². The van der Waals surface area contributed by atoms with E-state index >= 15 is 0 Å². The number of halogens is 2. The van der Waals surface area contributed by atoms with Crippen molar-refractivity contribution in [1.82, 2.24) is 0 Å². The van der Waals surface area contributed by atoms with Crippen molar-refractivity contribution in [1.29, 1.82) is 0 Å². The third-order valence-corrected chi connectivity index (χ3v) is 4.75. The Morgan fingerprint density at radius 1 is 1.24 bits per heavy atom. The molecule has 6 heteroatoms. The second kappa shape index (κ2) is 5.85. The van der Waals surface area contributed by atoms with Crippen LogP contribution in [-0.2, 0) is 9.59 Å². The van der Waals surface area contributed by atoms with E-state index in [2.05, 4.69) is 4.90 Å². The Balaban J connectivity index is 1.82. The largest absolute Gasteiger partial charge is 0.370 e. The van der Waals surface area contributed by atoms with Crippen LogP contribution in [0, 0.1) is 5.92 Å². The molecular formula is C15H16Cl2N2O2. The Hall–Kier alpha value is -1.26. The fraction of sp³-hybridized carbons (Fsp3) is 0.467. The van der Waals surface area contributed by atoms with Crippen molar-refractivity contribution in [3.63, 3.8) is 0 Å². The first-order chi connectivity index (χ1) is 10.1. The molecule has 1 aromatic carbocycles. The van der Waals surface area contributed by atoms with Gasteiger partial charge in [0, 0.05) is 31.7 Å². The fourth-order valence-corrected chi connectivity index (χ4v) is 3.43. The quantitative estimate of drug-likeness (QED) is 0.801. The number of amides is 1. The van der Waals surface area contributed by atoms with Crippen LogP contribution in [0.1, 0.15) is 19.3 Å². The number of hydrogen-bond donors (Lipinski definition) is 0. The maximum absolute atomic E-state index is 12.0. The Bertz CT molecular complexity index is 585. The van der Waals surface area contributed by atoms with E-state index < -0.39 is 11.2 Å². The van der Waals surface area contributed by atoms with E-state index in [1.165, 1.54) is 12.8 Å². The summed E-state index contributed by atoms with van der Waals surface area (Å²) in [5, 5.41) is 0.188. The molecule has 21 heavy (non-hydrogen) atoms. The molecule has 112 valence electrons.